The average Bonchev–Trinajstić information content (AvgIpc) is 2.94. The van der Waals surface area contributed by atoms with Crippen LogP contribution in [-0.2, 0) is 5.88 Å². The van der Waals surface area contributed by atoms with E-state index in [2.05, 4.69) is 52.9 Å². The predicted octanol–water partition coefficient (Wildman–Crippen LogP) is 5.98. The molecule has 0 aromatic heterocycles. The van der Waals surface area contributed by atoms with Crippen LogP contribution in [0.15, 0.2) is 22.7 Å². The SMILES string of the molecule is CC(C)CCN(c1ccc(Br)cc1CCl)C1CCCC1. The minimum Gasteiger partial charge on any atom is -0.368 e. The lowest BCUT2D eigenvalue weighted by atomic mass is 10.1. The summed E-state index contributed by atoms with van der Waals surface area (Å²) in [4.78, 5) is 2.62. The molecule has 0 spiro atoms. The highest BCUT2D eigenvalue weighted by molar-refractivity contribution is 9.10. The molecule has 3 heteroatoms. The third-order valence-corrected chi connectivity index (χ3v) is 4.99. The molecule has 0 saturated heterocycles. The van der Waals surface area contributed by atoms with Gasteiger partial charge in [-0.2, -0.15) is 0 Å². The molecule has 0 unspecified atom stereocenters. The van der Waals surface area contributed by atoms with Gasteiger partial charge >= 0.3 is 0 Å². The van der Waals surface area contributed by atoms with E-state index in [-0.39, 0.29) is 0 Å². The van der Waals surface area contributed by atoms with Gasteiger partial charge < -0.3 is 4.90 Å². The van der Waals surface area contributed by atoms with Crippen LogP contribution in [0.2, 0.25) is 0 Å². The molecule has 0 N–H and O–H groups in total. The van der Waals surface area contributed by atoms with E-state index in [4.69, 9.17) is 11.6 Å². The first kappa shape index (κ1) is 16.2. The third kappa shape index (κ3) is 4.14. The van der Waals surface area contributed by atoms with Gasteiger partial charge in [-0.1, -0.05) is 42.6 Å². The van der Waals surface area contributed by atoms with Crippen LogP contribution < -0.4 is 4.90 Å². The van der Waals surface area contributed by atoms with E-state index in [0.29, 0.717) is 11.9 Å². The second kappa shape index (κ2) is 7.70. The average molecular weight is 359 g/mol. The number of alkyl halides is 1. The Balaban J connectivity index is 2.24. The number of halogens is 2. The molecule has 1 aromatic carbocycles. The normalized spacial score (nSPS) is 16.1. The monoisotopic (exact) mass is 357 g/mol. The molecule has 1 aliphatic carbocycles. The molecule has 0 heterocycles. The molecule has 1 fully saturated rings. The fraction of sp³-hybridized carbons (Fsp3) is 0.647. The topological polar surface area (TPSA) is 3.24 Å². The van der Waals surface area contributed by atoms with E-state index < -0.39 is 0 Å². The van der Waals surface area contributed by atoms with Crippen molar-refractivity contribution in [1.29, 1.82) is 0 Å². The van der Waals surface area contributed by atoms with Gasteiger partial charge in [0, 0.05) is 28.6 Å². The molecule has 1 aliphatic rings. The Morgan fingerprint density at radius 1 is 1.30 bits per heavy atom. The Labute approximate surface area is 136 Å². The van der Waals surface area contributed by atoms with Gasteiger partial charge in [-0.25, -0.2) is 0 Å². The predicted molar refractivity (Wildman–Crippen MR) is 92.8 cm³/mol. The zero-order valence-corrected chi connectivity index (χ0v) is 14.9. The van der Waals surface area contributed by atoms with Gasteiger partial charge in [0.25, 0.3) is 0 Å². The van der Waals surface area contributed by atoms with Crippen molar-refractivity contribution in [2.24, 2.45) is 5.92 Å². The summed E-state index contributed by atoms with van der Waals surface area (Å²) in [5.74, 6) is 1.33. The van der Waals surface area contributed by atoms with Gasteiger partial charge in [0.15, 0.2) is 0 Å². The molecular formula is C17H25BrClN. The largest absolute Gasteiger partial charge is 0.368 e. The summed E-state index contributed by atoms with van der Waals surface area (Å²) in [6, 6.07) is 7.25. The van der Waals surface area contributed by atoms with Crippen LogP contribution in [0.5, 0.6) is 0 Å². The van der Waals surface area contributed by atoms with Crippen molar-refractivity contribution in [1.82, 2.24) is 0 Å². The quantitative estimate of drug-likeness (QED) is 0.565. The fourth-order valence-corrected chi connectivity index (χ4v) is 3.68. The minimum absolute atomic E-state index is 0.583. The first-order valence-electron chi connectivity index (χ1n) is 7.73. The van der Waals surface area contributed by atoms with Gasteiger partial charge in [0.05, 0.1) is 0 Å². The van der Waals surface area contributed by atoms with Crippen LogP contribution in [0.4, 0.5) is 5.69 Å². The molecule has 0 radical (unpaired) electrons. The van der Waals surface area contributed by atoms with E-state index in [1.54, 1.807) is 0 Å². The maximum atomic E-state index is 6.17. The van der Waals surface area contributed by atoms with E-state index in [0.717, 1.165) is 16.9 Å². The molecule has 1 aromatic rings. The summed E-state index contributed by atoms with van der Waals surface area (Å²) in [6.45, 7) is 5.75. The van der Waals surface area contributed by atoms with E-state index in [9.17, 15) is 0 Å². The van der Waals surface area contributed by atoms with E-state index in [1.807, 2.05) is 0 Å². The van der Waals surface area contributed by atoms with Crippen LogP contribution in [0.3, 0.4) is 0 Å². The lowest BCUT2D eigenvalue weighted by Crippen LogP contribution is -2.35. The van der Waals surface area contributed by atoms with Crippen molar-refractivity contribution < 1.29 is 0 Å². The van der Waals surface area contributed by atoms with Gasteiger partial charge in [0.2, 0.25) is 0 Å². The van der Waals surface area contributed by atoms with Crippen molar-refractivity contribution in [3.05, 3.63) is 28.2 Å². The second-order valence-electron chi connectivity index (χ2n) is 6.22. The Kier molecular flexibility index (Phi) is 6.22. The minimum atomic E-state index is 0.583. The smallest absolute Gasteiger partial charge is 0.0494 e. The van der Waals surface area contributed by atoms with Crippen LogP contribution in [0, 0.1) is 5.92 Å². The van der Waals surface area contributed by atoms with Gasteiger partial charge in [-0.05, 0) is 48.9 Å². The number of rotatable bonds is 6. The molecular weight excluding hydrogens is 334 g/mol. The van der Waals surface area contributed by atoms with Crippen molar-refractivity contribution in [2.75, 3.05) is 11.4 Å². The number of nitrogens with zero attached hydrogens (tertiary/aromatic N) is 1. The molecule has 1 nitrogen and oxygen atoms in total. The lowest BCUT2D eigenvalue weighted by molar-refractivity contribution is 0.527. The summed E-state index contributed by atoms with van der Waals surface area (Å²) in [5.41, 5.74) is 2.59. The first-order valence-corrected chi connectivity index (χ1v) is 9.05. The molecule has 0 aliphatic heterocycles. The maximum absolute atomic E-state index is 6.17. The molecule has 0 bridgehead atoms. The third-order valence-electron chi connectivity index (χ3n) is 4.21. The van der Waals surface area contributed by atoms with Gasteiger partial charge in [-0.3, -0.25) is 0 Å². The molecule has 0 atom stereocenters. The van der Waals surface area contributed by atoms with E-state index >= 15 is 0 Å². The molecule has 2 rings (SSSR count). The Morgan fingerprint density at radius 2 is 2.00 bits per heavy atom. The van der Waals surface area contributed by atoms with Crippen molar-refractivity contribution in [3.8, 4) is 0 Å². The Hall–Kier alpha value is -0.210. The number of anilines is 1. The molecule has 0 amide bonds. The standard InChI is InChI=1S/C17H25BrClN/c1-13(2)9-10-20(16-5-3-4-6-16)17-8-7-15(18)11-14(17)12-19/h7-8,11,13,16H,3-6,9-10,12H2,1-2H3. The highest BCUT2D eigenvalue weighted by Crippen LogP contribution is 2.33. The summed E-state index contributed by atoms with van der Waals surface area (Å²) in [6.07, 6.45) is 6.64. The summed E-state index contributed by atoms with van der Waals surface area (Å²) >= 11 is 9.72. The number of hydrogen-bond donors (Lipinski definition) is 0. The summed E-state index contributed by atoms with van der Waals surface area (Å²) < 4.78 is 1.12. The van der Waals surface area contributed by atoms with Crippen LogP contribution in [0.1, 0.15) is 51.5 Å². The first-order chi connectivity index (χ1) is 9.61. The van der Waals surface area contributed by atoms with E-state index in [1.165, 1.54) is 43.4 Å². The van der Waals surface area contributed by atoms with Crippen molar-refractivity contribution >= 4 is 33.2 Å². The highest BCUT2D eigenvalue weighted by atomic mass is 79.9. The Morgan fingerprint density at radius 3 is 2.60 bits per heavy atom. The van der Waals surface area contributed by atoms with Crippen molar-refractivity contribution in [3.63, 3.8) is 0 Å². The van der Waals surface area contributed by atoms with Crippen LogP contribution >= 0.6 is 27.5 Å². The fourth-order valence-electron chi connectivity index (χ4n) is 3.05. The molecule has 1 saturated carbocycles. The summed E-state index contributed by atoms with van der Waals surface area (Å²) in [5, 5.41) is 0. The summed E-state index contributed by atoms with van der Waals surface area (Å²) in [7, 11) is 0. The highest BCUT2D eigenvalue weighted by Gasteiger charge is 2.24. The zero-order chi connectivity index (χ0) is 14.5. The zero-order valence-electron chi connectivity index (χ0n) is 12.5. The van der Waals surface area contributed by atoms with Crippen LogP contribution in [0.25, 0.3) is 0 Å². The lowest BCUT2D eigenvalue weighted by Gasteiger charge is -2.33. The number of benzene rings is 1. The second-order valence-corrected chi connectivity index (χ2v) is 7.40. The van der Waals surface area contributed by atoms with Crippen LogP contribution in [-0.4, -0.2) is 12.6 Å². The number of hydrogen-bond acceptors (Lipinski definition) is 1. The van der Waals surface area contributed by atoms with Gasteiger partial charge in [-0.15, -0.1) is 11.6 Å². The maximum Gasteiger partial charge on any atom is 0.0494 e. The van der Waals surface area contributed by atoms with Crippen molar-refractivity contribution in [2.45, 2.75) is 57.9 Å². The Bertz CT molecular complexity index is 427. The molecule has 112 valence electrons. The van der Waals surface area contributed by atoms with Gasteiger partial charge in [0.1, 0.15) is 0 Å². The molecule has 20 heavy (non-hydrogen) atoms.